The summed E-state index contributed by atoms with van der Waals surface area (Å²) in [6.07, 6.45) is -1.35. The Balaban J connectivity index is 1.64. The molecule has 9 nitrogen and oxygen atoms in total. The highest BCUT2D eigenvalue weighted by Crippen LogP contribution is 2.34. The molecule has 2 fully saturated rings. The lowest BCUT2D eigenvalue weighted by Crippen LogP contribution is -2.53. The Morgan fingerprint density at radius 3 is 2.26 bits per heavy atom. The fourth-order valence-corrected chi connectivity index (χ4v) is 5.33. The average Bonchev–Trinajstić information content (AvgIpc) is 3.44. The molecule has 208 valence electrons. The van der Waals surface area contributed by atoms with Gasteiger partial charge in [-0.15, -0.1) is 0 Å². The summed E-state index contributed by atoms with van der Waals surface area (Å²) in [5.74, 6) is -2.08. The highest BCUT2D eigenvalue weighted by atomic mass is 16.6. The maximum atomic E-state index is 14.1. The summed E-state index contributed by atoms with van der Waals surface area (Å²) in [4.78, 5) is 55.0. The molecule has 2 heterocycles. The second-order valence-electron chi connectivity index (χ2n) is 10.4. The van der Waals surface area contributed by atoms with Crippen LogP contribution in [0.5, 0.6) is 0 Å². The van der Waals surface area contributed by atoms with Crippen LogP contribution in [0.1, 0.15) is 44.7 Å². The molecule has 2 aromatic rings. The van der Waals surface area contributed by atoms with Crippen LogP contribution in [0, 0.1) is 11.8 Å². The molecule has 2 aromatic carbocycles. The number of ether oxygens (including phenoxy) is 3. The average molecular weight is 537 g/mol. The third-order valence-corrected chi connectivity index (χ3v) is 7.28. The first-order valence-corrected chi connectivity index (χ1v) is 13.4. The highest BCUT2D eigenvalue weighted by Gasteiger charge is 2.52. The molecule has 0 N–H and O–H groups in total. The van der Waals surface area contributed by atoms with E-state index in [4.69, 9.17) is 14.2 Å². The van der Waals surface area contributed by atoms with Gasteiger partial charge in [-0.3, -0.25) is 14.4 Å². The van der Waals surface area contributed by atoms with Crippen molar-refractivity contribution in [2.45, 2.75) is 65.0 Å². The van der Waals surface area contributed by atoms with Gasteiger partial charge in [-0.1, -0.05) is 74.5 Å². The minimum absolute atomic E-state index is 0.0229. The summed E-state index contributed by atoms with van der Waals surface area (Å²) >= 11 is 0. The molecule has 2 aliphatic heterocycles. The van der Waals surface area contributed by atoms with Crippen molar-refractivity contribution < 1.29 is 33.4 Å². The Morgan fingerprint density at radius 2 is 1.64 bits per heavy atom. The maximum absolute atomic E-state index is 14.1. The first kappa shape index (κ1) is 28.3. The number of carbonyl (C=O) groups is 4. The van der Waals surface area contributed by atoms with Crippen molar-refractivity contribution >= 4 is 23.9 Å². The molecule has 2 aliphatic rings. The Hall–Kier alpha value is -3.72. The Morgan fingerprint density at radius 1 is 1.00 bits per heavy atom. The topological polar surface area (TPSA) is 102 Å². The molecule has 0 bridgehead atoms. The van der Waals surface area contributed by atoms with E-state index in [1.165, 1.54) is 11.8 Å². The summed E-state index contributed by atoms with van der Waals surface area (Å²) in [5.41, 5.74) is 1.87. The van der Waals surface area contributed by atoms with Crippen LogP contribution >= 0.6 is 0 Å². The van der Waals surface area contributed by atoms with Crippen molar-refractivity contribution in [1.29, 1.82) is 0 Å². The van der Waals surface area contributed by atoms with Crippen molar-refractivity contribution in [2.24, 2.45) is 11.8 Å². The zero-order chi connectivity index (χ0) is 27.9. The number of nitrogens with zero attached hydrogens (tertiary/aromatic N) is 2. The van der Waals surface area contributed by atoms with Gasteiger partial charge in [-0.2, -0.15) is 0 Å². The molecule has 39 heavy (non-hydrogen) atoms. The number of imide groups is 1. The Labute approximate surface area is 229 Å². The van der Waals surface area contributed by atoms with Gasteiger partial charge in [-0.25, -0.2) is 9.69 Å². The highest BCUT2D eigenvalue weighted by molar-refractivity contribution is 5.96. The van der Waals surface area contributed by atoms with E-state index >= 15 is 0 Å². The van der Waals surface area contributed by atoms with Crippen molar-refractivity contribution in [1.82, 2.24) is 9.80 Å². The van der Waals surface area contributed by atoms with Crippen molar-refractivity contribution in [3.05, 3.63) is 71.8 Å². The molecule has 0 saturated carbocycles. The molecule has 0 radical (unpaired) electrons. The Bertz CT molecular complexity index is 1150. The van der Waals surface area contributed by atoms with Crippen LogP contribution < -0.4 is 0 Å². The fraction of sp³-hybridized carbons (Fsp3) is 0.467. The molecule has 4 rings (SSSR count). The second-order valence-corrected chi connectivity index (χ2v) is 10.4. The normalized spacial score (nSPS) is 21.8. The van der Waals surface area contributed by atoms with Crippen LogP contribution in [0.25, 0.3) is 0 Å². The van der Waals surface area contributed by atoms with Crippen molar-refractivity contribution in [2.75, 3.05) is 13.2 Å². The van der Waals surface area contributed by atoms with E-state index in [1.807, 2.05) is 74.5 Å². The van der Waals surface area contributed by atoms with Gasteiger partial charge in [0, 0.05) is 20.1 Å². The van der Waals surface area contributed by atoms with Crippen molar-refractivity contribution in [3.63, 3.8) is 0 Å². The number of rotatable bonds is 11. The zero-order valence-corrected chi connectivity index (χ0v) is 22.7. The largest absolute Gasteiger partial charge is 0.460 e. The molecular formula is C30H36N2O7. The second kappa shape index (κ2) is 12.9. The minimum Gasteiger partial charge on any atom is -0.460 e. The summed E-state index contributed by atoms with van der Waals surface area (Å²) in [5, 5.41) is 0. The molecule has 0 aromatic heterocycles. The van der Waals surface area contributed by atoms with Gasteiger partial charge in [0.1, 0.15) is 12.7 Å². The van der Waals surface area contributed by atoms with E-state index in [1.54, 1.807) is 4.90 Å². The first-order chi connectivity index (χ1) is 18.8. The number of hydrogen-bond donors (Lipinski definition) is 0. The van der Waals surface area contributed by atoms with Gasteiger partial charge >= 0.3 is 12.1 Å². The van der Waals surface area contributed by atoms with Crippen LogP contribution in [-0.2, 0) is 41.7 Å². The zero-order valence-electron chi connectivity index (χ0n) is 22.7. The molecule has 9 heteroatoms. The predicted octanol–water partition coefficient (Wildman–Crippen LogP) is 3.95. The Kier molecular flexibility index (Phi) is 9.35. The summed E-state index contributed by atoms with van der Waals surface area (Å²) < 4.78 is 16.8. The van der Waals surface area contributed by atoms with E-state index in [0.29, 0.717) is 6.61 Å². The van der Waals surface area contributed by atoms with Crippen LogP contribution in [0.2, 0.25) is 0 Å². The summed E-state index contributed by atoms with van der Waals surface area (Å²) in [7, 11) is 0. The molecule has 0 unspecified atom stereocenters. The monoisotopic (exact) mass is 536 g/mol. The van der Waals surface area contributed by atoms with Crippen molar-refractivity contribution in [3.8, 4) is 0 Å². The molecule has 4 atom stereocenters. The number of benzene rings is 2. The van der Waals surface area contributed by atoms with E-state index in [2.05, 4.69) is 0 Å². The van der Waals surface area contributed by atoms with Gasteiger partial charge in [-0.05, 0) is 23.5 Å². The number of amides is 3. The maximum Gasteiger partial charge on any atom is 0.416 e. The third kappa shape index (κ3) is 6.84. The summed E-state index contributed by atoms with van der Waals surface area (Å²) in [6.45, 7) is 6.05. The van der Waals surface area contributed by atoms with Crippen LogP contribution in [0.3, 0.4) is 0 Å². The lowest BCUT2D eigenvalue weighted by atomic mass is 9.89. The van der Waals surface area contributed by atoms with Gasteiger partial charge in [0.2, 0.25) is 11.8 Å². The van der Waals surface area contributed by atoms with Gasteiger partial charge in [0.15, 0.2) is 0 Å². The SMILES string of the molecule is CC(=O)O[C@@H]1CC(=O)N(Cc2ccccc2)[C@H]1[C@@H](CCOCc1ccccc1)C(=O)N1C(=O)OC[C@@H]1C(C)C. The lowest BCUT2D eigenvalue weighted by molar-refractivity contribution is -0.152. The van der Waals surface area contributed by atoms with E-state index in [9.17, 15) is 19.2 Å². The number of cyclic esters (lactones) is 1. The van der Waals surface area contributed by atoms with Crippen LogP contribution in [0.15, 0.2) is 60.7 Å². The predicted molar refractivity (Wildman–Crippen MR) is 142 cm³/mol. The standard InChI is InChI=1S/C30H36N2O7/c1-20(2)25-19-38-30(36)32(25)29(35)24(14-15-37-18-23-12-8-5-9-13-23)28-26(39-21(3)33)16-27(34)31(28)17-22-10-6-4-7-11-22/h4-13,20,24-26,28H,14-19H2,1-3H3/t24-,25-,26-,28+/m1/s1. The quantitative estimate of drug-likeness (QED) is 0.317. The van der Waals surface area contributed by atoms with Gasteiger partial charge < -0.3 is 19.1 Å². The number of esters is 1. The smallest absolute Gasteiger partial charge is 0.416 e. The summed E-state index contributed by atoms with van der Waals surface area (Å²) in [6, 6.07) is 17.9. The first-order valence-electron chi connectivity index (χ1n) is 13.4. The molecule has 2 saturated heterocycles. The van der Waals surface area contributed by atoms with Crippen LogP contribution in [-0.4, -0.2) is 65.1 Å². The molecular weight excluding hydrogens is 500 g/mol. The van der Waals surface area contributed by atoms with Gasteiger partial charge in [0.25, 0.3) is 0 Å². The number of carbonyl (C=O) groups excluding carboxylic acids is 4. The minimum atomic E-state index is -0.854. The van der Waals surface area contributed by atoms with E-state index in [-0.39, 0.29) is 44.4 Å². The number of likely N-dealkylation sites (tertiary alicyclic amines) is 1. The third-order valence-electron chi connectivity index (χ3n) is 7.28. The molecule has 0 spiro atoms. The van der Waals surface area contributed by atoms with E-state index in [0.717, 1.165) is 11.1 Å². The number of hydrogen-bond acceptors (Lipinski definition) is 7. The lowest BCUT2D eigenvalue weighted by Gasteiger charge is -2.36. The molecule has 3 amide bonds. The van der Waals surface area contributed by atoms with Crippen LogP contribution in [0.4, 0.5) is 4.79 Å². The molecule has 0 aliphatic carbocycles. The van der Waals surface area contributed by atoms with Gasteiger partial charge in [0.05, 0.1) is 31.0 Å². The van der Waals surface area contributed by atoms with E-state index < -0.39 is 42.1 Å². The fourth-order valence-electron chi connectivity index (χ4n) is 5.33.